The number of carbonyl (C=O) groups excluding carboxylic acids is 1. The molecule has 0 bridgehead atoms. The third-order valence-electron chi connectivity index (χ3n) is 6.18. The number of piperidine rings is 1. The smallest absolute Gasteiger partial charge is 0.225 e. The number of aromatic nitrogens is 4. The molecule has 0 aromatic carbocycles. The Bertz CT molecular complexity index is 868. The summed E-state index contributed by atoms with van der Waals surface area (Å²) >= 11 is 6.38. The van der Waals surface area contributed by atoms with Crippen molar-refractivity contribution in [3.8, 4) is 11.4 Å². The van der Waals surface area contributed by atoms with Crippen LogP contribution in [-0.4, -0.2) is 43.1 Å². The molecule has 2 aromatic rings. The molecule has 4 unspecified atom stereocenters. The van der Waals surface area contributed by atoms with Gasteiger partial charge in [-0.25, -0.2) is 9.97 Å². The van der Waals surface area contributed by atoms with Gasteiger partial charge in [-0.05, 0) is 64.5 Å². The topological polar surface area (TPSA) is 84.7 Å². The molecule has 1 saturated carbocycles. The molecule has 2 N–H and O–H groups in total. The van der Waals surface area contributed by atoms with E-state index in [4.69, 9.17) is 11.6 Å². The van der Waals surface area contributed by atoms with Crippen molar-refractivity contribution in [2.45, 2.75) is 70.0 Å². The summed E-state index contributed by atoms with van der Waals surface area (Å²) in [5.74, 6) is 0.978. The van der Waals surface area contributed by atoms with E-state index in [0.717, 1.165) is 37.1 Å². The molecule has 0 radical (unpaired) electrons. The van der Waals surface area contributed by atoms with Crippen LogP contribution in [0, 0.1) is 11.8 Å². The molecular formula is C21H29ClN6O. The quantitative estimate of drug-likeness (QED) is 0.727. The predicted octanol–water partition coefficient (Wildman–Crippen LogP) is 3.63. The molecule has 2 aliphatic rings. The second-order valence-electron chi connectivity index (χ2n) is 8.58. The molecule has 1 amide bonds. The number of nitrogens with one attached hydrogen (secondary N) is 2. The highest BCUT2D eigenvalue weighted by Crippen LogP contribution is 2.36. The Morgan fingerprint density at radius 2 is 2.03 bits per heavy atom. The van der Waals surface area contributed by atoms with Crippen molar-refractivity contribution >= 4 is 23.5 Å². The Kier molecular flexibility index (Phi) is 5.76. The Labute approximate surface area is 176 Å². The van der Waals surface area contributed by atoms with Crippen LogP contribution in [0.4, 0.5) is 5.95 Å². The third kappa shape index (κ3) is 4.25. The van der Waals surface area contributed by atoms with Crippen molar-refractivity contribution in [1.29, 1.82) is 0 Å². The van der Waals surface area contributed by atoms with Gasteiger partial charge < -0.3 is 10.6 Å². The zero-order valence-corrected chi connectivity index (χ0v) is 17.9. The number of alkyl halides is 1. The van der Waals surface area contributed by atoms with Gasteiger partial charge in [-0.2, -0.15) is 5.10 Å². The molecule has 4 rings (SSSR count). The van der Waals surface area contributed by atoms with E-state index in [1.165, 1.54) is 0 Å². The van der Waals surface area contributed by atoms with Gasteiger partial charge in [-0.3, -0.25) is 9.48 Å². The summed E-state index contributed by atoms with van der Waals surface area (Å²) in [6.45, 7) is 6.20. The van der Waals surface area contributed by atoms with Crippen LogP contribution in [0.2, 0.25) is 0 Å². The van der Waals surface area contributed by atoms with Gasteiger partial charge in [-0.1, -0.05) is 0 Å². The van der Waals surface area contributed by atoms with E-state index in [0.29, 0.717) is 11.9 Å². The van der Waals surface area contributed by atoms with E-state index in [-0.39, 0.29) is 35.3 Å². The molecule has 2 fully saturated rings. The van der Waals surface area contributed by atoms with E-state index in [1.807, 2.05) is 23.7 Å². The lowest BCUT2D eigenvalue weighted by atomic mass is 9.74. The van der Waals surface area contributed by atoms with Gasteiger partial charge >= 0.3 is 0 Å². The minimum absolute atomic E-state index is 0.0723. The minimum Gasteiger partial charge on any atom is -0.353 e. The van der Waals surface area contributed by atoms with Crippen LogP contribution in [0.25, 0.3) is 11.4 Å². The first-order chi connectivity index (χ1) is 13.9. The number of nitrogens with zero attached hydrogens (tertiary/aromatic N) is 4. The highest BCUT2D eigenvalue weighted by Gasteiger charge is 2.41. The summed E-state index contributed by atoms with van der Waals surface area (Å²) in [7, 11) is 0. The van der Waals surface area contributed by atoms with Crippen molar-refractivity contribution in [1.82, 2.24) is 25.1 Å². The summed E-state index contributed by atoms with van der Waals surface area (Å²) in [6, 6.07) is 4.28. The Morgan fingerprint density at radius 3 is 2.83 bits per heavy atom. The Balaban J connectivity index is 1.48. The molecular weight excluding hydrogens is 388 g/mol. The lowest BCUT2D eigenvalue weighted by Gasteiger charge is -2.42. The molecule has 7 nitrogen and oxygen atoms in total. The van der Waals surface area contributed by atoms with Crippen molar-refractivity contribution < 1.29 is 4.79 Å². The van der Waals surface area contributed by atoms with E-state index in [2.05, 4.69) is 39.5 Å². The first kappa shape index (κ1) is 20.1. The molecule has 3 heterocycles. The van der Waals surface area contributed by atoms with E-state index >= 15 is 0 Å². The second kappa shape index (κ2) is 8.30. The summed E-state index contributed by atoms with van der Waals surface area (Å²) in [5.41, 5.74) is 1.76. The molecule has 156 valence electrons. The predicted molar refractivity (Wildman–Crippen MR) is 114 cm³/mol. The van der Waals surface area contributed by atoms with E-state index in [9.17, 15) is 4.79 Å². The zero-order chi connectivity index (χ0) is 20.5. The Hall–Kier alpha value is -2.15. The molecule has 1 aliphatic heterocycles. The summed E-state index contributed by atoms with van der Waals surface area (Å²) in [5, 5.41) is 11.2. The fraction of sp³-hybridized carbons (Fsp3) is 0.619. The van der Waals surface area contributed by atoms with Crippen molar-refractivity contribution in [3.63, 3.8) is 0 Å². The molecule has 8 heteroatoms. The minimum atomic E-state index is -0.119. The lowest BCUT2D eigenvalue weighted by molar-refractivity contribution is -0.130. The number of hydrogen-bond donors (Lipinski definition) is 2. The van der Waals surface area contributed by atoms with E-state index < -0.39 is 0 Å². The zero-order valence-electron chi connectivity index (χ0n) is 17.2. The number of anilines is 1. The van der Waals surface area contributed by atoms with Crippen LogP contribution in [-0.2, 0) is 4.79 Å². The van der Waals surface area contributed by atoms with Crippen LogP contribution in [0.1, 0.15) is 52.5 Å². The van der Waals surface area contributed by atoms with Gasteiger partial charge in [0.1, 0.15) is 0 Å². The maximum Gasteiger partial charge on any atom is 0.225 e. The third-order valence-corrected chi connectivity index (χ3v) is 6.57. The van der Waals surface area contributed by atoms with Gasteiger partial charge in [-0.15, -0.1) is 11.6 Å². The van der Waals surface area contributed by atoms with Crippen molar-refractivity contribution in [3.05, 3.63) is 24.5 Å². The van der Waals surface area contributed by atoms with Crippen molar-refractivity contribution in [2.24, 2.45) is 11.8 Å². The number of halogens is 1. The summed E-state index contributed by atoms with van der Waals surface area (Å²) < 4.78 is 1.94. The van der Waals surface area contributed by atoms with Crippen LogP contribution in [0.15, 0.2) is 24.5 Å². The van der Waals surface area contributed by atoms with Crippen LogP contribution < -0.4 is 10.6 Å². The lowest BCUT2D eigenvalue weighted by Crippen LogP contribution is -2.55. The van der Waals surface area contributed by atoms with Gasteiger partial charge in [0.15, 0.2) is 0 Å². The SMILES string of the molecule is CC(C)n1nccc1-c1ccnc(N[C@@H](C)C2CC3CC(Cl)CCC3NC2=O)n1. The largest absolute Gasteiger partial charge is 0.353 e. The van der Waals surface area contributed by atoms with Crippen molar-refractivity contribution in [2.75, 3.05) is 5.32 Å². The maximum absolute atomic E-state index is 12.7. The Morgan fingerprint density at radius 1 is 1.21 bits per heavy atom. The average molecular weight is 417 g/mol. The van der Waals surface area contributed by atoms with Crippen LogP contribution in [0.5, 0.6) is 0 Å². The van der Waals surface area contributed by atoms with Gasteiger partial charge in [0, 0.05) is 35.9 Å². The first-order valence-corrected chi connectivity index (χ1v) is 10.9. The second-order valence-corrected chi connectivity index (χ2v) is 9.20. The number of amides is 1. The molecule has 1 aliphatic carbocycles. The number of rotatable bonds is 5. The summed E-state index contributed by atoms with van der Waals surface area (Å²) in [6.07, 6.45) is 7.31. The van der Waals surface area contributed by atoms with Crippen LogP contribution >= 0.6 is 11.6 Å². The molecule has 5 atom stereocenters. The highest BCUT2D eigenvalue weighted by atomic mass is 35.5. The van der Waals surface area contributed by atoms with Gasteiger partial charge in [0.2, 0.25) is 11.9 Å². The molecule has 0 spiro atoms. The normalized spacial score (nSPS) is 28.0. The van der Waals surface area contributed by atoms with Gasteiger partial charge in [0.05, 0.1) is 17.3 Å². The monoisotopic (exact) mass is 416 g/mol. The molecule has 2 aromatic heterocycles. The number of hydrogen-bond acceptors (Lipinski definition) is 5. The molecule has 1 saturated heterocycles. The van der Waals surface area contributed by atoms with Crippen LogP contribution in [0.3, 0.4) is 0 Å². The fourth-order valence-electron chi connectivity index (χ4n) is 4.62. The van der Waals surface area contributed by atoms with E-state index in [1.54, 1.807) is 12.4 Å². The fourth-order valence-corrected chi connectivity index (χ4v) is 4.97. The first-order valence-electron chi connectivity index (χ1n) is 10.5. The molecule has 29 heavy (non-hydrogen) atoms. The average Bonchev–Trinajstić information content (AvgIpc) is 3.18. The summed E-state index contributed by atoms with van der Waals surface area (Å²) in [4.78, 5) is 21.7. The number of fused-ring (bicyclic) bond motifs is 1. The standard InChI is InChI=1S/C21H29ClN6O/c1-12(2)28-19(7-9-24-28)18-6-8-23-21(27-18)25-13(3)16-11-14-10-15(22)4-5-17(14)26-20(16)29/h6-9,12-17H,4-5,10-11H2,1-3H3,(H,26,29)(H,23,25,27)/t13-,14?,15?,16?,17?/m0/s1. The van der Waals surface area contributed by atoms with Gasteiger partial charge in [0.25, 0.3) is 0 Å². The maximum atomic E-state index is 12.7. The highest BCUT2D eigenvalue weighted by molar-refractivity contribution is 6.20. The number of carbonyl (C=O) groups is 1.